The molecular formula is C19H18Cl3NO3. The minimum atomic E-state index is -0.848. The van der Waals surface area contributed by atoms with Crippen LogP contribution in [0, 0.1) is 5.92 Å². The van der Waals surface area contributed by atoms with Gasteiger partial charge in [-0.1, -0.05) is 41.9 Å². The van der Waals surface area contributed by atoms with Crippen molar-refractivity contribution in [2.75, 3.05) is 18.5 Å². The van der Waals surface area contributed by atoms with Crippen LogP contribution in [0.3, 0.4) is 0 Å². The summed E-state index contributed by atoms with van der Waals surface area (Å²) in [7, 11) is 0. The van der Waals surface area contributed by atoms with E-state index in [1.54, 1.807) is 25.1 Å². The molecule has 138 valence electrons. The molecule has 0 radical (unpaired) electrons. The number of amides is 1. The molecule has 1 saturated carbocycles. The fraction of sp³-hybridized carbons (Fsp3) is 0.316. The average Bonchev–Trinajstić information content (AvgIpc) is 3.16. The highest BCUT2D eigenvalue weighted by Crippen LogP contribution is 2.64. The molecule has 1 amide bonds. The molecule has 4 nitrogen and oxygen atoms in total. The Morgan fingerprint density at radius 1 is 1.19 bits per heavy atom. The first-order chi connectivity index (χ1) is 12.4. The third-order valence-electron chi connectivity index (χ3n) is 4.23. The molecule has 2 atom stereocenters. The van der Waals surface area contributed by atoms with Gasteiger partial charge in [-0.25, -0.2) is 4.79 Å². The Hall–Kier alpha value is -1.62. The van der Waals surface area contributed by atoms with E-state index >= 15 is 0 Å². The second-order valence-corrected chi connectivity index (χ2v) is 7.82. The number of halogens is 3. The number of rotatable bonds is 6. The lowest BCUT2D eigenvalue weighted by Crippen LogP contribution is -2.13. The van der Waals surface area contributed by atoms with E-state index in [-0.39, 0.29) is 11.8 Å². The van der Waals surface area contributed by atoms with Crippen LogP contribution in [0.1, 0.15) is 18.4 Å². The van der Waals surface area contributed by atoms with Gasteiger partial charge in [0.05, 0.1) is 18.2 Å². The van der Waals surface area contributed by atoms with E-state index in [2.05, 4.69) is 5.32 Å². The van der Waals surface area contributed by atoms with Crippen LogP contribution in [0.4, 0.5) is 10.5 Å². The molecule has 2 unspecified atom stereocenters. The molecule has 0 bridgehead atoms. The van der Waals surface area contributed by atoms with E-state index < -0.39 is 10.4 Å². The third-order valence-corrected chi connectivity index (χ3v) is 5.56. The van der Waals surface area contributed by atoms with Gasteiger partial charge in [0.15, 0.2) is 0 Å². The number of hydrogen-bond acceptors (Lipinski definition) is 3. The van der Waals surface area contributed by atoms with Gasteiger partial charge in [-0.3, -0.25) is 5.32 Å². The highest BCUT2D eigenvalue weighted by molar-refractivity contribution is 6.52. The number of ether oxygens (including phenoxy) is 2. The average molecular weight is 415 g/mol. The predicted octanol–water partition coefficient (Wildman–Crippen LogP) is 5.87. The van der Waals surface area contributed by atoms with E-state index in [1.807, 2.05) is 30.3 Å². The fourth-order valence-electron chi connectivity index (χ4n) is 2.87. The summed E-state index contributed by atoms with van der Waals surface area (Å²) in [5.41, 5.74) is 1.62. The molecule has 1 aliphatic carbocycles. The third kappa shape index (κ3) is 4.20. The van der Waals surface area contributed by atoms with Crippen LogP contribution in [0.5, 0.6) is 5.75 Å². The van der Waals surface area contributed by atoms with Gasteiger partial charge in [-0.05, 0) is 30.7 Å². The van der Waals surface area contributed by atoms with Gasteiger partial charge in [0.2, 0.25) is 0 Å². The predicted molar refractivity (Wildman–Crippen MR) is 105 cm³/mol. The monoisotopic (exact) mass is 413 g/mol. The molecule has 0 spiro atoms. The Balaban J connectivity index is 1.61. The van der Waals surface area contributed by atoms with Gasteiger partial charge < -0.3 is 9.47 Å². The minimum absolute atomic E-state index is 0.0237. The summed E-state index contributed by atoms with van der Waals surface area (Å²) in [6.07, 6.45) is -0.532. The zero-order chi connectivity index (χ0) is 18.7. The maximum Gasteiger partial charge on any atom is 0.411 e. The summed E-state index contributed by atoms with van der Waals surface area (Å²) in [6.45, 7) is 2.37. The van der Waals surface area contributed by atoms with Crippen molar-refractivity contribution in [2.45, 2.75) is 17.2 Å². The van der Waals surface area contributed by atoms with Gasteiger partial charge in [-0.2, -0.15) is 0 Å². The molecule has 0 heterocycles. The standard InChI is InChI=1S/C19H18Cl3NO3/c1-2-25-18(24)23-13-8-9-16(15(20)10-13)26-11-14-17(19(14,21)22)12-6-4-3-5-7-12/h3-10,14,17H,2,11H2,1H3,(H,23,24). The van der Waals surface area contributed by atoms with E-state index in [1.165, 1.54) is 0 Å². The second kappa shape index (κ2) is 7.95. The number of carbonyl (C=O) groups is 1. The highest BCUT2D eigenvalue weighted by Gasteiger charge is 2.64. The van der Waals surface area contributed by atoms with E-state index in [4.69, 9.17) is 44.3 Å². The van der Waals surface area contributed by atoms with E-state index in [0.29, 0.717) is 29.7 Å². The van der Waals surface area contributed by atoms with Gasteiger partial charge in [-0.15, -0.1) is 23.2 Å². The Labute approximate surface area is 167 Å². The number of hydrogen-bond donors (Lipinski definition) is 1. The first-order valence-corrected chi connectivity index (χ1v) is 9.35. The summed E-state index contributed by atoms with van der Waals surface area (Å²) in [4.78, 5) is 11.4. The van der Waals surface area contributed by atoms with Gasteiger partial charge >= 0.3 is 6.09 Å². The van der Waals surface area contributed by atoms with Crippen LogP contribution >= 0.6 is 34.8 Å². The number of carbonyl (C=O) groups excluding carboxylic acids is 1. The Bertz CT molecular complexity index is 783. The van der Waals surface area contributed by atoms with Crippen molar-refractivity contribution in [3.63, 3.8) is 0 Å². The largest absolute Gasteiger partial charge is 0.492 e. The van der Waals surface area contributed by atoms with Crippen molar-refractivity contribution in [1.82, 2.24) is 0 Å². The lowest BCUT2D eigenvalue weighted by atomic mass is 10.1. The molecule has 26 heavy (non-hydrogen) atoms. The Morgan fingerprint density at radius 2 is 1.92 bits per heavy atom. The lowest BCUT2D eigenvalue weighted by Gasteiger charge is -2.10. The zero-order valence-electron chi connectivity index (χ0n) is 14.0. The maximum atomic E-state index is 11.4. The normalized spacial score (nSPS) is 20.3. The summed E-state index contributed by atoms with van der Waals surface area (Å²) < 4.78 is 9.79. The summed E-state index contributed by atoms with van der Waals surface area (Å²) in [6, 6.07) is 14.9. The van der Waals surface area contributed by atoms with Crippen LogP contribution in [-0.2, 0) is 4.74 Å². The number of nitrogens with one attached hydrogen (secondary N) is 1. The van der Waals surface area contributed by atoms with Crippen LogP contribution in [-0.4, -0.2) is 23.6 Å². The number of anilines is 1. The van der Waals surface area contributed by atoms with Crippen molar-refractivity contribution in [2.24, 2.45) is 5.92 Å². The van der Waals surface area contributed by atoms with Crippen molar-refractivity contribution >= 4 is 46.6 Å². The molecular weight excluding hydrogens is 397 g/mol. The SMILES string of the molecule is CCOC(=O)Nc1ccc(OCC2C(c3ccccc3)C2(Cl)Cl)c(Cl)c1. The molecule has 2 aromatic carbocycles. The smallest absolute Gasteiger partial charge is 0.411 e. The summed E-state index contributed by atoms with van der Waals surface area (Å²) in [5, 5.41) is 2.97. The molecule has 1 N–H and O–H groups in total. The maximum absolute atomic E-state index is 11.4. The van der Waals surface area contributed by atoms with Gasteiger partial charge in [0.1, 0.15) is 10.1 Å². The summed E-state index contributed by atoms with van der Waals surface area (Å²) >= 11 is 19.1. The second-order valence-electron chi connectivity index (χ2n) is 5.97. The van der Waals surface area contributed by atoms with Crippen molar-refractivity contribution < 1.29 is 14.3 Å². The molecule has 2 aromatic rings. The van der Waals surface area contributed by atoms with Crippen molar-refractivity contribution in [3.05, 3.63) is 59.1 Å². The number of benzene rings is 2. The first kappa shape index (κ1) is 19.2. The number of alkyl halides is 2. The van der Waals surface area contributed by atoms with E-state index in [0.717, 1.165) is 5.56 Å². The first-order valence-electron chi connectivity index (χ1n) is 8.22. The molecule has 7 heteroatoms. The van der Waals surface area contributed by atoms with Crippen molar-refractivity contribution in [1.29, 1.82) is 0 Å². The van der Waals surface area contributed by atoms with Crippen LogP contribution < -0.4 is 10.1 Å². The molecule has 3 rings (SSSR count). The molecule has 0 saturated heterocycles. The quantitative estimate of drug-likeness (QED) is 0.601. The van der Waals surface area contributed by atoms with Crippen LogP contribution in [0.15, 0.2) is 48.5 Å². The van der Waals surface area contributed by atoms with Gasteiger partial charge in [0, 0.05) is 17.5 Å². The molecule has 0 aliphatic heterocycles. The van der Waals surface area contributed by atoms with Crippen molar-refractivity contribution in [3.8, 4) is 5.75 Å². The van der Waals surface area contributed by atoms with E-state index in [9.17, 15) is 4.79 Å². The minimum Gasteiger partial charge on any atom is -0.492 e. The van der Waals surface area contributed by atoms with Crippen LogP contribution in [0.2, 0.25) is 5.02 Å². The topological polar surface area (TPSA) is 47.6 Å². The van der Waals surface area contributed by atoms with Crippen LogP contribution in [0.25, 0.3) is 0 Å². The Morgan fingerprint density at radius 3 is 2.58 bits per heavy atom. The van der Waals surface area contributed by atoms with Gasteiger partial charge in [0.25, 0.3) is 0 Å². The highest BCUT2D eigenvalue weighted by atomic mass is 35.5. The molecule has 0 aromatic heterocycles. The lowest BCUT2D eigenvalue weighted by molar-refractivity contribution is 0.168. The zero-order valence-corrected chi connectivity index (χ0v) is 16.3. The molecule has 1 fully saturated rings. The molecule has 1 aliphatic rings. The fourth-order valence-corrected chi connectivity index (χ4v) is 3.92. The Kier molecular flexibility index (Phi) is 5.86. The summed E-state index contributed by atoms with van der Waals surface area (Å²) in [5.74, 6) is 0.501.